The number of fused-ring (bicyclic) bond motifs is 1. The molecule has 1 N–H and O–H groups in total. The number of nitrogens with one attached hydrogen (secondary N) is 1. The maximum Gasteiger partial charge on any atom is 0.136 e. The van der Waals surface area contributed by atoms with Gasteiger partial charge in [0.2, 0.25) is 0 Å². The Morgan fingerprint density at radius 1 is 1.50 bits per heavy atom. The highest BCUT2D eigenvalue weighted by molar-refractivity contribution is 7.90. The number of pyridine rings is 1. The number of hydrogen-bond donors (Lipinski definition) is 1. The molecule has 0 saturated carbocycles. The topological polar surface area (TPSA) is 48.0 Å². The first kappa shape index (κ1) is 14.1. The second-order valence-corrected chi connectivity index (χ2v) is 8.03. The molecule has 0 amide bonds. The molecule has 0 aromatic carbocycles. The second-order valence-electron chi connectivity index (χ2n) is 5.65. The lowest BCUT2D eigenvalue weighted by Gasteiger charge is -2.31. The fourth-order valence-corrected chi connectivity index (χ4v) is 3.11. The molecule has 1 unspecified atom stereocenters. The summed E-state index contributed by atoms with van der Waals surface area (Å²) in [5.41, 5.74) is 2.37. The predicted octanol–water partition coefficient (Wildman–Crippen LogP) is 3.16. The van der Waals surface area contributed by atoms with Crippen molar-refractivity contribution in [2.75, 3.05) is 0 Å². The normalized spacial score (nSPS) is 21.5. The van der Waals surface area contributed by atoms with Gasteiger partial charge < -0.3 is 4.55 Å². The van der Waals surface area contributed by atoms with Gasteiger partial charge in [0.05, 0.1) is 6.04 Å². The molecule has 0 fully saturated rings. The zero-order chi connectivity index (χ0) is 13.3. The van der Waals surface area contributed by atoms with Gasteiger partial charge in [-0.2, -0.15) is 0 Å². The van der Waals surface area contributed by atoms with Crippen molar-refractivity contribution in [2.45, 2.75) is 50.8 Å². The van der Waals surface area contributed by atoms with Crippen LogP contribution in [0.5, 0.6) is 0 Å². The minimum absolute atomic E-state index is 0.120. The van der Waals surface area contributed by atoms with Gasteiger partial charge in [0.25, 0.3) is 0 Å². The van der Waals surface area contributed by atoms with Crippen LogP contribution in [0.15, 0.2) is 12.3 Å². The summed E-state index contributed by atoms with van der Waals surface area (Å²) in [6.45, 7) is 5.91. The predicted molar refractivity (Wildman–Crippen MR) is 76.0 cm³/mol. The molecular formula is C13H19ClN2OS. The number of rotatable bonds is 2. The van der Waals surface area contributed by atoms with E-state index in [4.69, 9.17) is 11.6 Å². The van der Waals surface area contributed by atoms with Crippen LogP contribution in [0.4, 0.5) is 0 Å². The summed E-state index contributed by atoms with van der Waals surface area (Å²) in [4.78, 5) is 4.12. The molecule has 0 bridgehead atoms. The van der Waals surface area contributed by atoms with E-state index in [1.54, 1.807) is 0 Å². The van der Waals surface area contributed by atoms with Gasteiger partial charge in [-0.15, -0.1) is 4.72 Å². The third-order valence-electron chi connectivity index (χ3n) is 3.11. The SMILES string of the molecule is CC(C)(C)[S@@+]([O-])NC1CCCc2cnc(Cl)cc21. The molecule has 100 valence electrons. The Morgan fingerprint density at radius 3 is 2.89 bits per heavy atom. The Morgan fingerprint density at radius 2 is 2.22 bits per heavy atom. The molecule has 18 heavy (non-hydrogen) atoms. The number of aromatic nitrogens is 1. The number of hydrogen-bond acceptors (Lipinski definition) is 3. The van der Waals surface area contributed by atoms with Crippen LogP contribution in [0.25, 0.3) is 0 Å². The molecule has 2 rings (SSSR count). The van der Waals surface area contributed by atoms with Crippen molar-refractivity contribution in [1.29, 1.82) is 0 Å². The van der Waals surface area contributed by atoms with Crippen LogP contribution < -0.4 is 4.72 Å². The van der Waals surface area contributed by atoms with Crippen molar-refractivity contribution < 1.29 is 4.55 Å². The van der Waals surface area contributed by atoms with E-state index in [0.717, 1.165) is 24.8 Å². The van der Waals surface area contributed by atoms with Crippen molar-refractivity contribution in [3.8, 4) is 0 Å². The first-order valence-corrected chi connectivity index (χ1v) is 7.73. The molecule has 0 spiro atoms. The van der Waals surface area contributed by atoms with Crippen molar-refractivity contribution in [3.05, 3.63) is 28.5 Å². The Hall–Kier alpha value is -0.290. The van der Waals surface area contributed by atoms with Gasteiger partial charge in [-0.3, -0.25) is 0 Å². The lowest BCUT2D eigenvalue weighted by Crippen LogP contribution is -2.42. The molecule has 1 aliphatic carbocycles. The van der Waals surface area contributed by atoms with Crippen molar-refractivity contribution in [2.24, 2.45) is 0 Å². The van der Waals surface area contributed by atoms with Gasteiger partial charge in [-0.05, 0) is 57.2 Å². The highest BCUT2D eigenvalue weighted by Crippen LogP contribution is 2.32. The summed E-state index contributed by atoms with van der Waals surface area (Å²) in [7, 11) is 0. The van der Waals surface area contributed by atoms with Crippen LogP contribution in [0, 0.1) is 0 Å². The summed E-state index contributed by atoms with van der Waals surface area (Å²) >= 11 is 4.89. The summed E-state index contributed by atoms with van der Waals surface area (Å²) in [5.74, 6) is 0. The highest BCUT2D eigenvalue weighted by atomic mass is 35.5. The monoisotopic (exact) mass is 286 g/mol. The van der Waals surface area contributed by atoms with Gasteiger partial charge in [-0.25, -0.2) is 4.98 Å². The molecule has 0 aliphatic heterocycles. The van der Waals surface area contributed by atoms with Gasteiger partial charge in [-0.1, -0.05) is 11.6 Å². The Balaban J connectivity index is 2.20. The van der Waals surface area contributed by atoms with Crippen LogP contribution in [0.1, 0.15) is 50.8 Å². The third-order valence-corrected chi connectivity index (χ3v) is 4.93. The molecule has 0 saturated heterocycles. The highest BCUT2D eigenvalue weighted by Gasteiger charge is 2.31. The van der Waals surface area contributed by atoms with Crippen molar-refractivity contribution >= 4 is 23.0 Å². The molecule has 1 aromatic rings. The largest absolute Gasteiger partial charge is 0.598 e. The number of nitrogens with zero attached hydrogens (tertiary/aromatic N) is 1. The Kier molecular flexibility index (Phi) is 4.22. The standard InChI is InChI=1S/C13H19ClN2OS/c1-13(2,3)18(17)16-11-6-4-5-9-8-15-12(14)7-10(9)11/h7-8,11,16H,4-6H2,1-3H3/t11?,18-/m1/s1. The van der Waals surface area contributed by atoms with E-state index in [1.165, 1.54) is 5.56 Å². The average molecular weight is 287 g/mol. The molecule has 2 atom stereocenters. The summed E-state index contributed by atoms with van der Waals surface area (Å²) < 4.78 is 15.2. The summed E-state index contributed by atoms with van der Waals surface area (Å²) in [5, 5.41) is 0.504. The number of aryl methyl sites for hydroxylation is 1. The fourth-order valence-electron chi connectivity index (χ4n) is 2.09. The lowest BCUT2D eigenvalue weighted by molar-refractivity contribution is 0.488. The maximum absolute atomic E-state index is 12.2. The van der Waals surface area contributed by atoms with Gasteiger partial charge in [0, 0.05) is 17.6 Å². The van der Waals surface area contributed by atoms with E-state index in [9.17, 15) is 4.55 Å². The Bertz CT molecular complexity index is 433. The molecular weight excluding hydrogens is 268 g/mol. The smallest absolute Gasteiger partial charge is 0.136 e. The van der Waals surface area contributed by atoms with Crippen LogP contribution >= 0.6 is 11.6 Å². The first-order valence-electron chi connectivity index (χ1n) is 6.20. The fraction of sp³-hybridized carbons (Fsp3) is 0.615. The molecule has 1 aliphatic rings. The minimum Gasteiger partial charge on any atom is -0.598 e. The molecule has 0 radical (unpaired) electrons. The quantitative estimate of drug-likeness (QED) is 0.671. The van der Waals surface area contributed by atoms with Gasteiger partial charge >= 0.3 is 0 Å². The average Bonchev–Trinajstić information content (AvgIpc) is 2.28. The number of halogens is 1. The van der Waals surface area contributed by atoms with E-state index in [2.05, 4.69) is 9.71 Å². The summed E-state index contributed by atoms with van der Waals surface area (Å²) in [6.07, 6.45) is 4.95. The van der Waals surface area contributed by atoms with E-state index in [1.807, 2.05) is 33.0 Å². The van der Waals surface area contributed by atoms with Crippen LogP contribution in [-0.4, -0.2) is 14.3 Å². The molecule has 3 nitrogen and oxygen atoms in total. The van der Waals surface area contributed by atoms with E-state index in [-0.39, 0.29) is 10.8 Å². The van der Waals surface area contributed by atoms with Crippen LogP contribution in [0.3, 0.4) is 0 Å². The summed E-state index contributed by atoms with van der Waals surface area (Å²) in [6, 6.07) is 2.02. The van der Waals surface area contributed by atoms with Crippen molar-refractivity contribution in [1.82, 2.24) is 9.71 Å². The van der Waals surface area contributed by atoms with Crippen molar-refractivity contribution in [3.63, 3.8) is 0 Å². The zero-order valence-corrected chi connectivity index (χ0v) is 12.6. The third kappa shape index (κ3) is 3.18. The van der Waals surface area contributed by atoms with E-state index in [0.29, 0.717) is 5.15 Å². The zero-order valence-electron chi connectivity index (χ0n) is 11.0. The second kappa shape index (κ2) is 5.37. The minimum atomic E-state index is -1.06. The van der Waals surface area contributed by atoms with Gasteiger partial charge in [0.1, 0.15) is 9.90 Å². The molecule has 5 heteroatoms. The van der Waals surface area contributed by atoms with Crippen LogP contribution in [0.2, 0.25) is 5.15 Å². The van der Waals surface area contributed by atoms with Crippen LogP contribution in [-0.2, 0) is 17.8 Å². The van der Waals surface area contributed by atoms with Gasteiger partial charge in [0.15, 0.2) is 0 Å². The molecule has 1 aromatic heterocycles. The van der Waals surface area contributed by atoms with E-state index < -0.39 is 11.4 Å². The van der Waals surface area contributed by atoms with E-state index >= 15 is 0 Å². The molecule has 1 heterocycles. The lowest BCUT2D eigenvalue weighted by atomic mass is 9.90. The maximum atomic E-state index is 12.2. The first-order chi connectivity index (χ1) is 8.38. The Labute approximate surface area is 117 Å².